The Labute approximate surface area is 99.6 Å². The molecule has 0 atom stereocenters. The highest BCUT2D eigenvalue weighted by Crippen LogP contribution is 1.95. The zero-order valence-electron chi connectivity index (χ0n) is 10.0. The van der Waals surface area contributed by atoms with Crippen molar-refractivity contribution in [3.63, 3.8) is 0 Å². The van der Waals surface area contributed by atoms with E-state index in [9.17, 15) is 9.59 Å². The lowest BCUT2D eigenvalue weighted by Gasteiger charge is -2.10. The van der Waals surface area contributed by atoms with Gasteiger partial charge in [0.25, 0.3) is 5.91 Å². The van der Waals surface area contributed by atoms with Crippen LogP contribution in [0.25, 0.3) is 0 Å². The minimum Gasteiger partial charge on any atom is -0.347 e. The second-order valence-electron chi connectivity index (χ2n) is 3.76. The molecular weight excluding hydrogens is 222 g/mol. The lowest BCUT2D eigenvalue weighted by atomic mass is 10.4. The maximum atomic E-state index is 11.6. The SMILES string of the molecule is CN(C)C(=O)CNC(=O)c1cn(CCN)cn1. The Bertz CT molecular complexity index is 399. The van der Waals surface area contributed by atoms with Crippen molar-refractivity contribution in [2.75, 3.05) is 27.2 Å². The number of hydrogen-bond acceptors (Lipinski definition) is 4. The molecule has 0 radical (unpaired) electrons. The smallest absolute Gasteiger partial charge is 0.271 e. The number of carbonyl (C=O) groups excluding carboxylic acids is 2. The first-order chi connectivity index (χ1) is 8.04. The summed E-state index contributed by atoms with van der Waals surface area (Å²) in [5, 5.41) is 2.50. The van der Waals surface area contributed by atoms with E-state index in [0.717, 1.165) is 0 Å². The molecule has 7 nitrogen and oxygen atoms in total. The van der Waals surface area contributed by atoms with Crippen LogP contribution in [0.2, 0.25) is 0 Å². The third-order valence-corrected chi connectivity index (χ3v) is 2.15. The summed E-state index contributed by atoms with van der Waals surface area (Å²) < 4.78 is 1.72. The van der Waals surface area contributed by atoms with Gasteiger partial charge in [-0.25, -0.2) is 4.98 Å². The average Bonchev–Trinajstić information content (AvgIpc) is 2.74. The molecule has 7 heteroatoms. The molecule has 94 valence electrons. The average molecular weight is 239 g/mol. The number of amides is 2. The molecule has 0 saturated heterocycles. The van der Waals surface area contributed by atoms with Crippen LogP contribution in [-0.4, -0.2) is 53.5 Å². The van der Waals surface area contributed by atoms with Crippen molar-refractivity contribution >= 4 is 11.8 Å². The molecule has 0 spiro atoms. The van der Waals surface area contributed by atoms with Crippen molar-refractivity contribution in [3.8, 4) is 0 Å². The summed E-state index contributed by atoms with van der Waals surface area (Å²) in [5.74, 6) is -0.532. The first kappa shape index (κ1) is 13.2. The van der Waals surface area contributed by atoms with Gasteiger partial charge in [0.05, 0.1) is 12.9 Å². The van der Waals surface area contributed by atoms with Crippen molar-refractivity contribution in [3.05, 3.63) is 18.2 Å². The molecule has 1 aromatic heterocycles. The van der Waals surface area contributed by atoms with Gasteiger partial charge in [0.2, 0.25) is 5.91 Å². The summed E-state index contributed by atoms with van der Waals surface area (Å²) in [4.78, 5) is 28.2. The molecule has 1 aromatic rings. The van der Waals surface area contributed by atoms with Crippen LogP contribution in [0.15, 0.2) is 12.5 Å². The van der Waals surface area contributed by atoms with Gasteiger partial charge in [-0.1, -0.05) is 0 Å². The summed E-state index contributed by atoms with van der Waals surface area (Å²) in [6.07, 6.45) is 3.14. The van der Waals surface area contributed by atoms with E-state index in [4.69, 9.17) is 5.73 Å². The highest BCUT2D eigenvalue weighted by molar-refractivity contribution is 5.94. The number of nitrogens with two attached hydrogens (primary N) is 1. The van der Waals surface area contributed by atoms with E-state index in [-0.39, 0.29) is 24.1 Å². The van der Waals surface area contributed by atoms with E-state index in [1.807, 2.05) is 0 Å². The van der Waals surface area contributed by atoms with Crippen LogP contribution in [0.5, 0.6) is 0 Å². The van der Waals surface area contributed by atoms with Crippen molar-refractivity contribution in [2.45, 2.75) is 6.54 Å². The molecule has 0 bridgehead atoms. The van der Waals surface area contributed by atoms with Gasteiger partial charge in [0.1, 0.15) is 5.69 Å². The Balaban J connectivity index is 2.49. The summed E-state index contributed by atoms with van der Waals surface area (Å²) in [6.45, 7) is 1.06. The topological polar surface area (TPSA) is 93.2 Å². The molecule has 0 aliphatic rings. The van der Waals surface area contributed by atoms with Gasteiger partial charge in [-0.2, -0.15) is 0 Å². The Morgan fingerprint density at radius 3 is 2.82 bits per heavy atom. The predicted molar refractivity (Wildman–Crippen MR) is 62.3 cm³/mol. The molecule has 3 N–H and O–H groups in total. The minimum absolute atomic E-state index is 0.0322. The van der Waals surface area contributed by atoms with E-state index in [2.05, 4.69) is 10.3 Å². The quantitative estimate of drug-likeness (QED) is 0.665. The van der Waals surface area contributed by atoms with Gasteiger partial charge in [-0.3, -0.25) is 9.59 Å². The molecule has 1 heterocycles. The van der Waals surface area contributed by atoms with Crippen molar-refractivity contribution in [2.24, 2.45) is 5.73 Å². The number of imidazole rings is 1. The van der Waals surface area contributed by atoms with Gasteiger partial charge in [-0.15, -0.1) is 0 Å². The largest absolute Gasteiger partial charge is 0.347 e. The van der Waals surface area contributed by atoms with Crippen LogP contribution in [0, 0.1) is 0 Å². The van der Waals surface area contributed by atoms with Gasteiger partial charge < -0.3 is 20.5 Å². The lowest BCUT2D eigenvalue weighted by molar-refractivity contribution is -0.127. The second kappa shape index (κ2) is 6.00. The molecule has 0 saturated carbocycles. The highest BCUT2D eigenvalue weighted by Gasteiger charge is 2.11. The maximum Gasteiger partial charge on any atom is 0.271 e. The number of rotatable bonds is 5. The van der Waals surface area contributed by atoms with Crippen molar-refractivity contribution < 1.29 is 9.59 Å². The fraction of sp³-hybridized carbons (Fsp3) is 0.500. The fourth-order valence-corrected chi connectivity index (χ4v) is 1.15. The minimum atomic E-state index is -0.365. The van der Waals surface area contributed by atoms with Crippen LogP contribution in [-0.2, 0) is 11.3 Å². The van der Waals surface area contributed by atoms with Crippen LogP contribution in [0.3, 0.4) is 0 Å². The van der Waals surface area contributed by atoms with Gasteiger partial charge >= 0.3 is 0 Å². The molecule has 2 amide bonds. The fourth-order valence-electron chi connectivity index (χ4n) is 1.15. The second-order valence-corrected chi connectivity index (χ2v) is 3.76. The normalized spacial score (nSPS) is 10.1. The van der Waals surface area contributed by atoms with Gasteiger partial charge in [-0.05, 0) is 0 Å². The molecule has 1 rings (SSSR count). The maximum absolute atomic E-state index is 11.6. The Hall–Kier alpha value is -1.89. The number of carbonyl (C=O) groups is 2. The Kier molecular flexibility index (Phi) is 4.65. The Morgan fingerprint density at radius 2 is 2.24 bits per heavy atom. The summed E-state index contributed by atoms with van der Waals surface area (Å²) in [5.41, 5.74) is 5.66. The monoisotopic (exact) mass is 239 g/mol. The molecule has 0 aliphatic heterocycles. The van der Waals surface area contributed by atoms with E-state index in [1.165, 1.54) is 11.2 Å². The van der Waals surface area contributed by atoms with E-state index >= 15 is 0 Å². The molecule has 0 unspecified atom stereocenters. The third kappa shape index (κ3) is 3.87. The standard InChI is InChI=1S/C10H17N5O2/c1-14(2)9(16)5-12-10(17)8-6-15(4-3-11)7-13-8/h6-7H,3-5,11H2,1-2H3,(H,12,17). The number of nitrogens with one attached hydrogen (secondary N) is 1. The van der Waals surface area contributed by atoms with Crippen LogP contribution in [0.1, 0.15) is 10.5 Å². The summed E-state index contributed by atoms with van der Waals surface area (Å²) >= 11 is 0. The molecule has 0 aromatic carbocycles. The molecule has 17 heavy (non-hydrogen) atoms. The number of nitrogens with zero attached hydrogens (tertiary/aromatic N) is 3. The summed E-state index contributed by atoms with van der Waals surface area (Å²) in [7, 11) is 3.26. The van der Waals surface area contributed by atoms with E-state index in [1.54, 1.807) is 24.9 Å². The lowest BCUT2D eigenvalue weighted by Crippen LogP contribution is -2.36. The van der Waals surface area contributed by atoms with Crippen LogP contribution < -0.4 is 11.1 Å². The zero-order valence-corrected chi connectivity index (χ0v) is 10.0. The third-order valence-electron chi connectivity index (χ3n) is 2.15. The first-order valence-electron chi connectivity index (χ1n) is 5.24. The van der Waals surface area contributed by atoms with E-state index in [0.29, 0.717) is 13.1 Å². The molecular formula is C10H17N5O2. The van der Waals surface area contributed by atoms with Crippen LogP contribution in [0.4, 0.5) is 0 Å². The predicted octanol–water partition coefficient (Wildman–Crippen LogP) is -1.34. The van der Waals surface area contributed by atoms with Gasteiger partial charge in [0.15, 0.2) is 0 Å². The molecule has 0 fully saturated rings. The number of aromatic nitrogens is 2. The van der Waals surface area contributed by atoms with Crippen molar-refractivity contribution in [1.82, 2.24) is 19.8 Å². The first-order valence-corrected chi connectivity index (χ1v) is 5.24. The van der Waals surface area contributed by atoms with Gasteiger partial charge in [0, 0.05) is 33.4 Å². The van der Waals surface area contributed by atoms with Crippen molar-refractivity contribution in [1.29, 1.82) is 0 Å². The zero-order chi connectivity index (χ0) is 12.8. The number of likely N-dealkylation sites (N-methyl/N-ethyl adjacent to an activating group) is 1. The summed E-state index contributed by atoms with van der Waals surface area (Å²) in [6, 6.07) is 0. The Morgan fingerprint density at radius 1 is 1.53 bits per heavy atom. The van der Waals surface area contributed by atoms with E-state index < -0.39 is 0 Å². The highest BCUT2D eigenvalue weighted by atomic mass is 16.2. The number of hydrogen-bond donors (Lipinski definition) is 2. The van der Waals surface area contributed by atoms with Crippen LogP contribution >= 0.6 is 0 Å². The molecule has 0 aliphatic carbocycles.